The Morgan fingerprint density at radius 3 is 2.66 bits per heavy atom. The SMILES string of the molecule is C=CCOC(=O)C1=C(C)N=C2SC=C(CC(=O)N3CCC[C@H](C(=O)OCC)C3)N2[C@H]1c1ccc(OC)cc1. The Balaban J connectivity index is 1.61. The molecule has 4 rings (SSSR count). The first kappa shape index (κ1) is 27.5. The number of ether oxygens (including phenoxy) is 3. The molecule has 0 unspecified atom stereocenters. The van der Waals surface area contributed by atoms with Gasteiger partial charge in [-0.25, -0.2) is 9.79 Å². The van der Waals surface area contributed by atoms with Crippen molar-refractivity contribution in [3.63, 3.8) is 0 Å². The maximum atomic E-state index is 13.4. The fraction of sp³-hybridized carbons (Fsp3) is 0.429. The van der Waals surface area contributed by atoms with Gasteiger partial charge in [-0.2, -0.15) is 0 Å². The van der Waals surface area contributed by atoms with Crippen LogP contribution in [0.15, 0.2) is 64.3 Å². The number of allylic oxidation sites excluding steroid dienone is 1. The third-order valence-electron chi connectivity index (χ3n) is 6.71. The zero-order valence-electron chi connectivity index (χ0n) is 22.0. The van der Waals surface area contributed by atoms with Crippen molar-refractivity contribution in [2.24, 2.45) is 10.9 Å². The van der Waals surface area contributed by atoms with Gasteiger partial charge in [0.05, 0.1) is 43.4 Å². The molecular formula is C28H33N3O6S. The van der Waals surface area contributed by atoms with Gasteiger partial charge in [0.2, 0.25) is 5.91 Å². The number of amidine groups is 1. The molecular weight excluding hydrogens is 506 g/mol. The summed E-state index contributed by atoms with van der Waals surface area (Å²) in [6, 6.07) is 6.94. The lowest BCUT2D eigenvalue weighted by atomic mass is 9.93. The van der Waals surface area contributed by atoms with E-state index in [0.717, 1.165) is 17.7 Å². The van der Waals surface area contributed by atoms with Gasteiger partial charge in [0.25, 0.3) is 0 Å². The van der Waals surface area contributed by atoms with Crippen molar-refractivity contribution in [1.29, 1.82) is 0 Å². The first-order valence-electron chi connectivity index (χ1n) is 12.7. The van der Waals surface area contributed by atoms with E-state index in [9.17, 15) is 14.4 Å². The number of carbonyl (C=O) groups excluding carboxylic acids is 3. The largest absolute Gasteiger partial charge is 0.497 e. The number of benzene rings is 1. The van der Waals surface area contributed by atoms with E-state index in [4.69, 9.17) is 14.2 Å². The second-order valence-corrected chi connectivity index (χ2v) is 10.00. The summed E-state index contributed by atoms with van der Waals surface area (Å²) in [6.45, 7) is 8.54. The number of esters is 2. The van der Waals surface area contributed by atoms with Crippen LogP contribution in [-0.2, 0) is 23.9 Å². The molecule has 10 heteroatoms. The fourth-order valence-corrected chi connectivity index (χ4v) is 5.83. The van der Waals surface area contributed by atoms with Crippen LogP contribution < -0.4 is 4.74 Å². The van der Waals surface area contributed by atoms with Crippen LogP contribution in [0.1, 0.15) is 44.7 Å². The number of aliphatic imine (C=N–C) groups is 1. The number of piperidine rings is 1. The second kappa shape index (κ2) is 12.3. The van der Waals surface area contributed by atoms with Gasteiger partial charge in [-0.3, -0.25) is 9.59 Å². The van der Waals surface area contributed by atoms with Gasteiger partial charge in [-0.15, -0.1) is 0 Å². The van der Waals surface area contributed by atoms with E-state index in [1.807, 2.05) is 34.6 Å². The molecule has 0 N–H and O–H groups in total. The summed E-state index contributed by atoms with van der Waals surface area (Å²) in [4.78, 5) is 47.3. The predicted molar refractivity (Wildman–Crippen MR) is 145 cm³/mol. The van der Waals surface area contributed by atoms with Gasteiger partial charge in [0, 0.05) is 18.8 Å². The molecule has 0 spiro atoms. The molecule has 3 heterocycles. The number of rotatable bonds is 9. The molecule has 202 valence electrons. The highest BCUT2D eigenvalue weighted by atomic mass is 32.2. The van der Waals surface area contributed by atoms with E-state index in [1.165, 1.54) is 17.8 Å². The topological polar surface area (TPSA) is 97.7 Å². The van der Waals surface area contributed by atoms with E-state index in [-0.39, 0.29) is 30.8 Å². The highest BCUT2D eigenvalue weighted by Gasteiger charge is 2.41. The standard InChI is InChI=1S/C28H33N3O6S/c1-5-14-37-27(34)24-18(3)29-28-31(25(24)19-9-11-22(35-4)12-10-19)21(17-38-28)15-23(32)30-13-7-8-20(16-30)26(33)36-6-2/h5,9-12,17,20,25H,1,6-8,13-16H2,2-4H3/t20-,25-/m0/s1. The fourth-order valence-electron chi connectivity index (χ4n) is 4.87. The number of hydrogen-bond donors (Lipinski definition) is 0. The number of methoxy groups -OCH3 is 1. The predicted octanol–water partition coefficient (Wildman–Crippen LogP) is 4.19. The van der Waals surface area contributed by atoms with E-state index >= 15 is 0 Å². The Morgan fingerprint density at radius 2 is 1.97 bits per heavy atom. The van der Waals surface area contributed by atoms with Crippen LogP contribution >= 0.6 is 11.8 Å². The van der Waals surface area contributed by atoms with E-state index in [0.29, 0.717) is 48.3 Å². The van der Waals surface area contributed by atoms with Crippen LogP contribution in [0.3, 0.4) is 0 Å². The normalized spacial score (nSPS) is 20.8. The van der Waals surface area contributed by atoms with Crippen molar-refractivity contribution in [2.45, 2.75) is 39.2 Å². The van der Waals surface area contributed by atoms with E-state index in [1.54, 1.807) is 25.9 Å². The first-order valence-corrected chi connectivity index (χ1v) is 13.6. The molecule has 1 fully saturated rings. The number of likely N-dealkylation sites (tertiary alicyclic amines) is 1. The van der Waals surface area contributed by atoms with E-state index < -0.39 is 12.0 Å². The highest BCUT2D eigenvalue weighted by Crippen LogP contribution is 2.45. The van der Waals surface area contributed by atoms with Gasteiger partial charge < -0.3 is 24.0 Å². The number of hydrogen-bond acceptors (Lipinski definition) is 9. The summed E-state index contributed by atoms with van der Waals surface area (Å²) in [5, 5.41) is 2.60. The van der Waals surface area contributed by atoms with Gasteiger partial charge in [-0.1, -0.05) is 36.5 Å². The number of nitrogens with zero attached hydrogens (tertiary/aromatic N) is 3. The minimum absolute atomic E-state index is 0.0774. The molecule has 9 nitrogen and oxygen atoms in total. The summed E-state index contributed by atoms with van der Waals surface area (Å²) in [7, 11) is 1.60. The molecule has 0 radical (unpaired) electrons. The lowest BCUT2D eigenvalue weighted by molar-refractivity contribution is -0.151. The molecule has 0 bridgehead atoms. The smallest absolute Gasteiger partial charge is 0.338 e. The van der Waals surface area contributed by atoms with Gasteiger partial charge >= 0.3 is 11.9 Å². The lowest BCUT2D eigenvalue weighted by Crippen LogP contribution is -2.44. The average Bonchev–Trinajstić information content (AvgIpc) is 3.32. The van der Waals surface area contributed by atoms with Crippen molar-refractivity contribution in [3.8, 4) is 5.75 Å². The van der Waals surface area contributed by atoms with Gasteiger partial charge in [0.15, 0.2) is 5.17 Å². The lowest BCUT2D eigenvalue weighted by Gasteiger charge is -2.37. The number of amides is 1. The second-order valence-electron chi connectivity index (χ2n) is 9.16. The molecule has 1 amide bonds. The van der Waals surface area contributed by atoms with Gasteiger partial charge in [0.1, 0.15) is 12.4 Å². The number of fused-ring (bicyclic) bond motifs is 1. The zero-order chi connectivity index (χ0) is 27.2. The highest BCUT2D eigenvalue weighted by molar-refractivity contribution is 8.16. The van der Waals surface area contributed by atoms with Crippen molar-refractivity contribution in [3.05, 3.63) is 64.9 Å². The van der Waals surface area contributed by atoms with Crippen molar-refractivity contribution < 1.29 is 28.6 Å². The third kappa shape index (κ3) is 5.80. The minimum Gasteiger partial charge on any atom is -0.497 e. The molecule has 0 saturated carbocycles. The van der Waals surface area contributed by atoms with Crippen molar-refractivity contribution >= 4 is 34.8 Å². The van der Waals surface area contributed by atoms with Crippen LogP contribution in [0.25, 0.3) is 0 Å². The molecule has 0 aliphatic carbocycles. The number of thioether (sulfide) groups is 1. The van der Waals surface area contributed by atoms with Crippen LogP contribution in [0.4, 0.5) is 0 Å². The first-order chi connectivity index (χ1) is 18.4. The summed E-state index contributed by atoms with van der Waals surface area (Å²) in [5.41, 5.74) is 2.54. The maximum Gasteiger partial charge on any atom is 0.338 e. The Labute approximate surface area is 227 Å². The molecule has 3 aliphatic heterocycles. The summed E-state index contributed by atoms with van der Waals surface area (Å²) in [6.07, 6.45) is 3.09. The summed E-state index contributed by atoms with van der Waals surface area (Å²) >= 11 is 1.42. The summed E-state index contributed by atoms with van der Waals surface area (Å²) < 4.78 is 15.9. The Kier molecular flexibility index (Phi) is 8.93. The molecule has 0 aromatic heterocycles. The molecule has 38 heavy (non-hydrogen) atoms. The van der Waals surface area contributed by atoms with Crippen LogP contribution in [0.2, 0.25) is 0 Å². The summed E-state index contributed by atoms with van der Waals surface area (Å²) in [5.74, 6) is -0.438. The molecule has 2 atom stereocenters. The minimum atomic E-state index is -0.534. The Hall–Kier alpha value is -3.53. The maximum absolute atomic E-state index is 13.4. The molecule has 1 aromatic rings. The molecule has 1 aromatic carbocycles. The molecule has 3 aliphatic rings. The Morgan fingerprint density at radius 1 is 1.21 bits per heavy atom. The quantitative estimate of drug-likeness (QED) is 0.340. The van der Waals surface area contributed by atoms with E-state index in [2.05, 4.69) is 11.6 Å². The van der Waals surface area contributed by atoms with Crippen molar-refractivity contribution in [2.75, 3.05) is 33.4 Å². The van der Waals surface area contributed by atoms with Gasteiger partial charge in [-0.05, 0) is 49.8 Å². The monoisotopic (exact) mass is 539 g/mol. The average molecular weight is 540 g/mol. The van der Waals surface area contributed by atoms with Crippen LogP contribution in [-0.4, -0.2) is 66.2 Å². The van der Waals surface area contributed by atoms with Crippen LogP contribution in [0, 0.1) is 5.92 Å². The van der Waals surface area contributed by atoms with Crippen LogP contribution in [0.5, 0.6) is 5.75 Å². The molecule has 1 saturated heterocycles. The van der Waals surface area contributed by atoms with Crippen molar-refractivity contribution in [1.82, 2.24) is 9.80 Å². The third-order valence-corrected chi connectivity index (χ3v) is 7.60. The number of carbonyl (C=O) groups is 3. The zero-order valence-corrected chi connectivity index (χ0v) is 22.8. The Bertz CT molecular complexity index is 1190.